The molecule has 2 aliphatic heterocycles. The Bertz CT molecular complexity index is 1000. The summed E-state index contributed by atoms with van der Waals surface area (Å²) >= 11 is 0. The first-order valence-corrected chi connectivity index (χ1v) is 11.8. The van der Waals surface area contributed by atoms with E-state index in [1.165, 1.54) is 0 Å². The summed E-state index contributed by atoms with van der Waals surface area (Å²) in [5.41, 5.74) is 2.69. The molecule has 10 heteroatoms. The van der Waals surface area contributed by atoms with E-state index < -0.39 is 6.23 Å². The van der Waals surface area contributed by atoms with Crippen LogP contribution in [0.25, 0.3) is 0 Å². The van der Waals surface area contributed by atoms with E-state index in [0.29, 0.717) is 25.0 Å². The molecule has 5 rings (SSSR count). The molecule has 182 valence electrons. The molecule has 34 heavy (non-hydrogen) atoms. The number of aliphatic imine (C=N–C) groups is 1. The number of fused-ring (bicyclic) bond motifs is 1. The molecule has 1 N–H and O–H groups in total. The lowest BCUT2D eigenvalue weighted by atomic mass is 9.95. The molecule has 1 aromatic carbocycles. The third kappa shape index (κ3) is 4.88. The van der Waals surface area contributed by atoms with Crippen LogP contribution in [0.3, 0.4) is 0 Å². The lowest BCUT2D eigenvalue weighted by Crippen LogP contribution is -2.37. The van der Waals surface area contributed by atoms with Crippen molar-refractivity contribution in [3.05, 3.63) is 24.5 Å². The monoisotopic (exact) mass is 469 g/mol. The molecule has 1 saturated carbocycles. The van der Waals surface area contributed by atoms with Crippen LogP contribution in [-0.2, 0) is 4.74 Å². The van der Waals surface area contributed by atoms with Crippen LogP contribution in [0, 0.1) is 0 Å². The number of morpholine rings is 1. The zero-order chi connectivity index (χ0) is 23.5. The summed E-state index contributed by atoms with van der Waals surface area (Å²) in [5, 5.41) is 10.3. The summed E-state index contributed by atoms with van der Waals surface area (Å²) in [6, 6.07) is 4.50. The van der Waals surface area contributed by atoms with E-state index in [0.717, 1.165) is 61.6 Å². The van der Waals surface area contributed by atoms with Gasteiger partial charge >= 0.3 is 6.01 Å². The molecule has 2 aromatic rings. The molecule has 2 fully saturated rings. The number of aliphatic hydroxyl groups excluding tert-OH is 1. The summed E-state index contributed by atoms with van der Waals surface area (Å²) in [7, 11) is 3.44. The van der Waals surface area contributed by atoms with E-state index >= 15 is 0 Å². The maximum Gasteiger partial charge on any atom is 0.316 e. The van der Waals surface area contributed by atoms with E-state index in [2.05, 4.69) is 32.0 Å². The fourth-order valence-corrected chi connectivity index (χ4v) is 4.57. The van der Waals surface area contributed by atoms with Crippen molar-refractivity contribution in [1.29, 1.82) is 0 Å². The van der Waals surface area contributed by atoms with Crippen LogP contribution < -0.4 is 24.0 Å². The van der Waals surface area contributed by atoms with Gasteiger partial charge in [-0.3, -0.25) is 4.99 Å². The molecular weight excluding hydrogens is 438 g/mol. The minimum absolute atomic E-state index is 0.0518. The summed E-state index contributed by atoms with van der Waals surface area (Å²) in [6.07, 6.45) is 7.50. The Morgan fingerprint density at radius 2 is 1.68 bits per heavy atom. The number of methoxy groups -OCH3 is 1. The molecule has 1 atom stereocenters. The first-order chi connectivity index (χ1) is 16.6. The third-order valence-corrected chi connectivity index (χ3v) is 6.54. The number of benzene rings is 1. The number of rotatable bonds is 6. The highest BCUT2D eigenvalue weighted by Crippen LogP contribution is 2.45. The van der Waals surface area contributed by atoms with Crippen LogP contribution in [0.1, 0.15) is 25.7 Å². The van der Waals surface area contributed by atoms with Gasteiger partial charge in [-0.2, -0.15) is 9.97 Å². The Morgan fingerprint density at radius 1 is 1.00 bits per heavy atom. The van der Waals surface area contributed by atoms with Crippen LogP contribution in [0.5, 0.6) is 17.5 Å². The van der Waals surface area contributed by atoms with Crippen molar-refractivity contribution in [3.63, 3.8) is 0 Å². The van der Waals surface area contributed by atoms with Crippen molar-refractivity contribution in [1.82, 2.24) is 9.97 Å². The number of nitrogens with zero attached hydrogens (tertiary/aromatic N) is 5. The highest BCUT2D eigenvalue weighted by Gasteiger charge is 2.29. The van der Waals surface area contributed by atoms with Crippen molar-refractivity contribution in [2.24, 2.45) is 4.99 Å². The SMILES string of the molecule is COc1cnc(OC2CCC(Oc3cc(N4CCOCC4)cc4c3N(C)C(O)C=N4)CC2)nc1. The van der Waals surface area contributed by atoms with Crippen molar-refractivity contribution < 1.29 is 24.1 Å². The van der Waals surface area contributed by atoms with Gasteiger partial charge in [0.2, 0.25) is 0 Å². The number of hydrogen-bond acceptors (Lipinski definition) is 10. The Kier molecular flexibility index (Phi) is 6.68. The Morgan fingerprint density at radius 3 is 2.35 bits per heavy atom. The first kappa shape index (κ1) is 22.7. The molecule has 0 spiro atoms. The van der Waals surface area contributed by atoms with Gasteiger partial charge in [0, 0.05) is 31.9 Å². The summed E-state index contributed by atoms with van der Waals surface area (Å²) in [5.74, 6) is 1.35. The number of aromatic nitrogens is 2. The fourth-order valence-electron chi connectivity index (χ4n) is 4.57. The Balaban J connectivity index is 1.28. The van der Waals surface area contributed by atoms with Crippen LogP contribution in [-0.4, -0.2) is 80.2 Å². The summed E-state index contributed by atoms with van der Waals surface area (Å²) in [4.78, 5) is 17.0. The average Bonchev–Trinajstić information content (AvgIpc) is 2.88. The molecule has 10 nitrogen and oxygen atoms in total. The summed E-state index contributed by atoms with van der Waals surface area (Å²) < 4.78 is 23.1. The number of anilines is 2. The molecule has 0 amide bonds. The normalized spacial score (nSPS) is 24.5. The topological polar surface area (TPSA) is 102 Å². The average molecular weight is 470 g/mol. The van der Waals surface area contributed by atoms with E-state index in [9.17, 15) is 5.11 Å². The van der Waals surface area contributed by atoms with Gasteiger partial charge in [0.1, 0.15) is 17.5 Å². The van der Waals surface area contributed by atoms with Crippen molar-refractivity contribution in [3.8, 4) is 17.5 Å². The van der Waals surface area contributed by atoms with Crippen LogP contribution in [0.4, 0.5) is 17.1 Å². The van der Waals surface area contributed by atoms with E-state index in [4.69, 9.17) is 18.9 Å². The smallest absolute Gasteiger partial charge is 0.316 e. The van der Waals surface area contributed by atoms with Crippen LogP contribution in [0.2, 0.25) is 0 Å². The van der Waals surface area contributed by atoms with Gasteiger partial charge in [-0.05, 0) is 31.7 Å². The molecule has 0 radical (unpaired) electrons. The van der Waals surface area contributed by atoms with E-state index in [1.807, 2.05) is 7.05 Å². The number of hydrogen-bond donors (Lipinski definition) is 1. The highest BCUT2D eigenvalue weighted by atomic mass is 16.5. The fraction of sp³-hybridized carbons (Fsp3) is 0.542. The second kappa shape index (κ2) is 10.0. The van der Waals surface area contributed by atoms with E-state index in [-0.39, 0.29) is 12.2 Å². The Hall–Kier alpha value is -3.11. The third-order valence-electron chi connectivity index (χ3n) is 6.54. The van der Waals surface area contributed by atoms with Gasteiger partial charge in [-0.25, -0.2) is 0 Å². The zero-order valence-electron chi connectivity index (χ0n) is 19.6. The number of ether oxygens (including phenoxy) is 4. The minimum atomic E-state index is -0.780. The highest BCUT2D eigenvalue weighted by molar-refractivity contribution is 5.88. The van der Waals surface area contributed by atoms with Gasteiger partial charge < -0.3 is 33.9 Å². The molecule has 0 bridgehead atoms. The molecular formula is C24H31N5O5. The second-order valence-electron chi connectivity index (χ2n) is 8.75. The van der Waals surface area contributed by atoms with E-state index in [1.54, 1.807) is 30.6 Å². The zero-order valence-corrected chi connectivity index (χ0v) is 19.6. The van der Waals surface area contributed by atoms with Gasteiger partial charge in [-0.15, -0.1) is 0 Å². The largest absolute Gasteiger partial charge is 0.494 e. The lowest BCUT2D eigenvalue weighted by Gasteiger charge is -2.35. The second-order valence-corrected chi connectivity index (χ2v) is 8.75. The van der Waals surface area contributed by atoms with Crippen LogP contribution >= 0.6 is 0 Å². The van der Waals surface area contributed by atoms with Gasteiger partial charge in [0.25, 0.3) is 0 Å². The molecule has 1 saturated heterocycles. The van der Waals surface area contributed by atoms with Gasteiger partial charge in [0.05, 0.1) is 50.7 Å². The predicted octanol–water partition coefficient (Wildman–Crippen LogP) is 2.56. The standard InChI is InChI=1S/C24H31N5O5/c1-28-22(30)15-25-20-11-16(29-7-9-32-10-8-29)12-21(23(20)28)33-17-3-5-18(6-4-17)34-24-26-13-19(31-2)14-27-24/h11-15,17-18,22,30H,3-10H2,1-2H3. The molecule has 3 aliphatic rings. The lowest BCUT2D eigenvalue weighted by molar-refractivity contribution is 0.0749. The van der Waals surface area contributed by atoms with Gasteiger partial charge in [-0.1, -0.05) is 0 Å². The number of aliphatic hydroxyl groups is 1. The van der Waals surface area contributed by atoms with Gasteiger partial charge in [0.15, 0.2) is 12.0 Å². The maximum atomic E-state index is 10.3. The van der Waals surface area contributed by atoms with Crippen molar-refractivity contribution >= 4 is 23.3 Å². The first-order valence-electron chi connectivity index (χ1n) is 11.8. The predicted molar refractivity (Wildman–Crippen MR) is 128 cm³/mol. The van der Waals surface area contributed by atoms with Crippen LogP contribution in [0.15, 0.2) is 29.5 Å². The molecule has 3 heterocycles. The molecule has 1 aromatic heterocycles. The summed E-state index contributed by atoms with van der Waals surface area (Å²) in [6.45, 7) is 3.07. The minimum Gasteiger partial charge on any atom is -0.494 e. The quantitative estimate of drug-likeness (QED) is 0.684. The molecule has 1 aliphatic carbocycles. The maximum absolute atomic E-state index is 10.3. The van der Waals surface area contributed by atoms with Crippen molar-refractivity contribution in [2.45, 2.75) is 44.1 Å². The van der Waals surface area contributed by atoms with Crippen molar-refractivity contribution in [2.75, 3.05) is 50.3 Å². The molecule has 1 unspecified atom stereocenters. The Labute approximate surface area is 199 Å².